The van der Waals surface area contributed by atoms with Gasteiger partial charge >= 0.3 is 0 Å². The predicted octanol–water partition coefficient (Wildman–Crippen LogP) is 2.26. The van der Waals surface area contributed by atoms with Gasteiger partial charge in [-0.1, -0.05) is 24.3 Å². The van der Waals surface area contributed by atoms with E-state index in [1.54, 1.807) is 0 Å². The number of aldehydes is 1. The van der Waals surface area contributed by atoms with Crippen molar-refractivity contribution in [3.8, 4) is 0 Å². The molecule has 54 valence electrons. The summed E-state index contributed by atoms with van der Waals surface area (Å²) in [6.07, 6.45) is 6.02. The second-order valence-electron chi connectivity index (χ2n) is 2.23. The van der Waals surface area contributed by atoms with Crippen LogP contribution in [0.3, 0.4) is 0 Å². The maximum Gasteiger partial charge on any atom is 0.143 e. The molecule has 0 amide bonds. The molecule has 0 unspecified atom stereocenters. The first-order chi connectivity index (χ1) is 4.66. The van der Waals surface area contributed by atoms with Gasteiger partial charge in [-0.25, -0.2) is 0 Å². The number of hydrogen-bond acceptors (Lipinski definition) is 1. The first kappa shape index (κ1) is 8.89. The topological polar surface area (TPSA) is 17.1 Å². The second kappa shape index (κ2) is 4.74. The molecule has 0 bridgehead atoms. The fourth-order valence-corrected chi connectivity index (χ4v) is 0.437. The Kier molecular flexibility index (Phi) is 4.21. The lowest BCUT2D eigenvalue weighted by Gasteiger charge is -1.86. The molecular formula is C9H12O. The van der Waals surface area contributed by atoms with Gasteiger partial charge in [-0.15, -0.1) is 0 Å². The van der Waals surface area contributed by atoms with Crippen LogP contribution in [0.15, 0.2) is 36.0 Å². The number of allylic oxidation sites excluding steroid dienone is 5. The third-order valence-corrected chi connectivity index (χ3v) is 0.962. The average Bonchev–Trinajstić information content (AvgIpc) is 1.85. The van der Waals surface area contributed by atoms with Crippen LogP contribution in [0.1, 0.15) is 13.8 Å². The standard InChI is InChI=1S/C9H12O/c1-8(2)4-5-9(3)6-7-10/h4-7H,1H2,2-3H3/b5-4+,9-6-. The summed E-state index contributed by atoms with van der Waals surface area (Å²) in [6.45, 7) is 7.46. The molecule has 0 aromatic carbocycles. The van der Waals surface area contributed by atoms with E-state index in [4.69, 9.17) is 0 Å². The van der Waals surface area contributed by atoms with E-state index in [0.717, 1.165) is 17.4 Å². The Morgan fingerprint density at radius 1 is 1.30 bits per heavy atom. The molecule has 1 nitrogen and oxygen atoms in total. The van der Waals surface area contributed by atoms with Crippen LogP contribution >= 0.6 is 0 Å². The molecule has 0 aliphatic heterocycles. The zero-order chi connectivity index (χ0) is 7.98. The number of hydrogen-bond donors (Lipinski definition) is 0. The molecule has 0 aliphatic rings. The van der Waals surface area contributed by atoms with Crippen molar-refractivity contribution in [2.24, 2.45) is 0 Å². The van der Waals surface area contributed by atoms with Crippen LogP contribution in [-0.4, -0.2) is 6.29 Å². The van der Waals surface area contributed by atoms with E-state index in [-0.39, 0.29) is 0 Å². The first-order valence-corrected chi connectivity index (χ1v) is 3.12. The van der Waals surface area contributed by atoms with Gasteiger partial charge in [0, 0.05) is 0 Å². The Morgan fingerprint density at radius 3 is 2.30 bits per heavy atom. The van der Waals surface area contributed by atoms with Gasteiger partial charge in [-0.2, -0.15) is 0 Å². The first-order valence-electron chi connectivity index (χ1n) is 3.12. The summed E-state index contributed by atoms with van der Waals surface area (Å²) < 4.78 is 0. The van der Waals surface area contributed by atoms with Gasteiger partial charge < -0.3 is 0 Å². The van der Waals surface area contributed by atoms with Gasteiger partial charge in [-0.3, -0.25) is 4.79 Å². The van der Waals surface area contributed by atoms with E-state index in [0.29, 0.717) is 0 Å². The van der Waals surface area contributed by atoms with Gasteiger partial charge in [0.25, 0.3) is 0 Å². The molecule has 0 aliphatic carbocycles. The minimum Gasteiger partial charge on any atom is -0.299 e. The molecule has 0 aromatic rings. The SMILES string of the molecule is C=C(C)/C=C/C(C)=C\C=O. The molecular weight excluding hydrogens is 124 g/mol. The number of carbonyl (C=O) groups is 1. The summed E-state index contributed by atoms with van der Waals surface area (Å²) in [5.41, 5.74) is 1.93. The van der Waals surface area contributed by atoms with Gasteiger partial charge in [0.1, 0.15) is 6.29 Å². The van der Waals surface area contributed by atoms with E-state index in [9.17, 15) is 4.79 Å². The Bertz CT molecular complexity index is 185. The third-order valence-electron chi connectivity index (χ3n) is 0.962. The predicted molar refractivity (Wildman–Crippen MR) is 43.8 cm³/mol. The van der Waals surface area contributed by atoms with Gasteiger partial charge in [0.15, 0.2) is 0 Å². The van der Waals surface area contributed by atoms with E-state index in [1.807, 2.05) is 26.0 Å². The highest BCUT2D eigenvalue weighted by molar-refractivity contribution is 5.66. The van der Waals surface area contributed by atoms with Crippen molar-refractivity contribution >= 4 is 6.29 Å². The summed E-state index contributed by atoms with van der Waals surface area (Å²) in [7, 11) is 0. The fraction of sp³-hybridized carbons (Fsp3) is 0.222. The van der Waals surface area contributed by atoms with Crippen LogP contribution in [-0.2, 0) is 4.79 Å². The van der Waals surface area contributed by atoms with Crippen LogP contribution in [0.25, 0.3) is 0 Å². The lowest BCUT2D eigenvalue weighted by Crippen LogP contribution is -1.70. The molecule has 0 N–H and O–H groups in total. The molecule has 0 atom stereocenters. The normalized spacial score (nSPS) is 12.0. The number of carbonyl (C=O) groups excluding carboxylic acids is 1. The quantitative estimate of drug-likeness (QED) is 0.330. The Morgan fingerprint density at radius 2 is 1.90 bits per heavy atom. The van der Waals surface area contributed by atoms with Crippen molar-refractivity contribution < 1.29 is 4.79 Å². The molecule has 0 radical (unpaired) electrons. The Balaban J connectivity index is 4.01. The van der Waals surface area contributed by atoms with Crippen molar-refractivity contribution in [1.29, 1.82) is 0 Å². The second-order valence-corrected chi connectivity index (χ2v) is 2.23. The van der Waals surface area contributed by atoms with Crippen LogP contribution in [0.5, 0.6) is 0 Å². The zero-order valence-electron chi connectivity index (χ0n) is 6.42. The highest BCUT2D eigenvalue weighted by Crippen LogP contribution is 1.96. The molecule has 0 saturated carbocycles. The van der Waals surface area contributed by atoms with Gasteiger partial charge in [0.2, 0.25) is 0 Å². The van der Waals surface area contributed by atoms with Crippen molar-refractivity contribution in [1.82, 2.24) is 0 Å². The van der Waals surface area contributed by atoms with E-state index in [1.165, 1.54) is 6.08 Å². The largest absolute Gasteiger partial charge is 0.299 e. The molecule has 0 fully saturated rings. The Labute approximate surface area is 61.8 Å². The monoisotopic (exact) mass is 136 g/mol. The van der Waals surface area contributed by atoms with Crippen molar-refractivity contribution in [2.75, 3.05) is 0 Å². The van der Waals surface area contributed by atoms with Crippen LogP contribution in [0.4, 0.5) is 0 Å². The number of rotatable bonds is 3. The summed E-state index contributed by atoms with van der Waals surface area (Å²) >= 11 is 0. The fourth-order valence-electron chi connectivity index (χ4n) is 0.437. The van der Waals surface area contributed by atoms with Crippen LogP contribution in [0, 0.1) is 0 Å². The Hall–Kier alpha value is -1.11. The van der Waals surface area contributed by atoms with Gasteiger partial charge in [-0.05, 0) is 25.5 Å². The maximum absolute atomic E-state index is 9.93. The van der Waals surface area contributed by atoms with E-state index >= 15 is 0 Å². The van der Waals surface area contributed by atoms with Crippen LogP contribution in [0.2, 0.25) is 0 Å². The smallest absolute Gasteiger partial charge is 0.143 e. The molecule has 0 rings (SSSR count). The lowest BCUT2D eigenvalue weighted by molar-refractivity contribution is -0.104. The van der Waals surface area contributed by atoms with Crippen molar-refractivity contribution in [2.45, 2.75) is 13.8 Å². The highest BCUT2D eigenvalue weighted by atomic mass is 16.1. The minimum atomic E-state index is 0.776. The van der Waals surface area contributed by atoms with Crippen molar-refractivity contribution in [3.05, 3.63) is 36.0 Å². The molecule has 10 heavy (non-hydrogen) atoms. The third kappa shape index (κ3) is 5.04. The van der Waals surface area contributed by atoms with Crippen molar-refractivity contribution in [3.63, 3.8) is 0 Å². The summed E-state index contributed by atoms with van der Waals surface area (Å²) in [5.74, 6) is 0. The maximum atomic E-state index is 9.93. The molecule has 1 heteroatoms. The minimum absolute atomic E-state index is 0.776. The molecule has 0 saturated heterocycles. The highest BCUT2D eigenvalue weighted by Gasteiger charge is 1.78. The zero-order valence-corrected chi connectivity index (χ0v) is 6.42. The molecule has 0 aromatic heterocycles. The summed E-state index contributed by atoms with van der Waals surface area (Å²) in [6, 6.07) is 0. The lowest BCUT2D eigenvalue weighted by atomic mass is 10.2. The molecule has 0 spiro atoms. The average molecular weight is 136 g/mol. The van der Waals surface area contributed by atoms with Gasteiger partial charge in [0.05, 0.1) is 0 Å². The summed E-state index contributed by atoms with van der Waals surface area (Å²) in [5, 5.41) is 0. The van der Waals surface area contributed by atoms with E-state index < -0.39 is 0 Å². The summed E-state index contributed by atoms with van der Waals surface area (Å²) in [4.78, 5) is 9.93. The van der Waals surface area contributed by atoms with Crippen LogP contribution < -0.4 is 0 Å². The van der Waals surface area contributed by atoms with E-state index in [2.05, 4.69) is 6.58 Å². The molecule has 0 heterocycles.